The van der Waals surface area contributed by atoms with E-state index >= 15 is 0 Å². The molecule has 2 aliphatic rings. The summed E-state index contributed by atoms with van der Waals surface area (Å²) >= 11 is 0. The third-order valence-electron chi connectivity index (χ3n) is 3.18. The Hall–Kier alpha value is -0.510. The molecule has 1 fully saturated rings. The summed E-state index contributed by atoms with van der Waals surface area (Å²) in [6.07, 6.45) is 0.496. The zero-order valence-corrected chi connectivity index (χ0v) is 7.72. The van der Waals surface area contributed by atoms with Crippen LogP contribution in [0.15, 0.2) is 12.2 Å². The lowest BCUT2D eigenvalue weighted by Crippen LogP contribution is -2.35. The van der Waals surface area contributed by atoms with Gasteiger partial charge in [0.1, 0.15) is 0 Å². The average molecular weight is 206 g/mol. The number of halogens is 3. The van der Waals surface area contributed by atoms with Gasteiger partial charge >= 0.3 is 6.18 Å². The van der Waals surface area contributed by atoms with E-state index in [2.05, 4.69) is 0 Å². The zero-order valence-electron chi connectivity index (χ0n) is 7.72. The van der Waals surface area contributed by atoms with Gasteiger partial charge in [-0.15, -0.1) is 0 Å². The third kappa shape index (κ3) is 1.80. The second-order valence-electron chi connectivity index (χ2n) is 4.31. The largest absolute Gasteiger partial charge is 0.395 e. The quantitative estimate of drug-likeness (QED) is 0.654. The van der Waals surface area contributed by atoms with E-state index in [1.807, 2.05) is 0 Å². The van der Waals surface area contributed by atoms with Crippen molar-refractivity contribution in [3.63, 3.8) is 0 Å². The summed E-state index contributed by atoms with van der Waals surface area (Å²) in [5.74, 6) is -1.16. The van der Waals surface area contributed by atoms with Gasteiger partial charge in [0, 0.05) is 0 Å². The molecule has 4 heteroatoms. The highest BCUT2D eigenvalue weighted by Gasteiger charge is 2.47. The van der Waals surface area contributed by atoms with Crippen LogP contribution in [0.5, 0.6) is 0 Å². The SMILES string of the molecule is OC1(C2CC2)C=CC(C(F)(F)F)CC1. The first-order valence-corrected chi connectivity index (χ1v) is 4.90. The van der Waals surface area contributed by atoms with Gasteiger partial charge in [-0.2, -0.15) is 13.2 Å². The molecule has 0 aromatic rings. The molecule has 0 heterocycles. The molecule has 0 bridgehead atoms. The fourth-order valence-corrected chi connectivity index (χ4v) is 2.05. The topological polar surface area (TPSA) is 20.2 Å². The molecule has 0 aliphatic heterocycles. The molecule has 2 atom stereocenters. The summed E-state index contributed by atoms with van der Waals surface area (Å²) in [6.45, 7) is 0. The van der Waals surface area contributed by atoms with Crippen molar-refractivity contribution in [3.05, 3.63) is 12.2 Å². The zero-order chi connectivity index (χ0) is 10.4. The molecule has 0 saturated heterocycles. The van der Waals surface area contributed by atoms with Gasteiger partial charge in [0.05, 0.1) is 11.5 Å². The summed E-state index contributed by atoms with van der Waals surface area (Å²) in [7, 11) is 0. The van der Waals surface area contributed by atoms with E-state index in [0.717, 1.165) is 18.9 Å². The minimum atomic E-state index is -4.15. The van der Waals surface area contributed by atoms with Gasteiger partial charge in [-0.05, 0) is 31.6 Å². The van der Waals surface area contributed by atoms with Crippen molar-refractivity contribution in [1.82, 2.24) is 0 Å². The molecule has 80 valence electrons. The Morgan fingerprint density at radius 2 is 1.86 bits per heavy atom. The highest BCUT2D eigenvalue weighted by atomic mass is 19.4. The Morgan fingerprint density at radius 1 is 1.21 bits per heavy atom. The first-order valence-electron chi connectivity index (χ1n) is 4.90. The number of alkyl halides is 3. The predicted molar refractivity (Wildman–Crippen MR) is 45.6 cm³/mol. The summed E-state index contributed by atoms with van der Waals surface area (Å²) < 4.78 is 36.8. The van der Waals surface area contributed by atoms with Gasteiger partial charge in [0.2, 0.25) is 0 Å². The Morgan fingerprint density at radius 3 is 2.21 bits per heavy atom. The maximum absolute atomic E-state index is 12.3. The monoisotopic (exact) mass is 206 g/mol. The van der Waals surface area contributed by atoms with Crippen LogP contribution in [0.25, 0.3) is 0 Å². The van der Waals surface area contributed by atoms with Crippen molar-refractivity contribution in [2.45, 2.75) is 37.5 Å². The van der Waals surface area contributed by atoms with E-state index in [-0.39, 0.29) is 18.8 Å². The van der Waals surface area contributed by atoms with Gasteiger partial charge in [0.25, 0.3) is 0 Å². The lowest BCUT2D eigenvalue weighted by atomic mass is 9.82. The molecule has 1 N–H and O–H groups in total. The van der Waals surface area contributed by atoms with E-state index < -0.39 is 17.7 Å². The number of allylic oxidation sites excluding steroid dienone is 1. The van der Waals surface area contributed by atoms with Crippen LogP contribution in [0.3, 0.4) is 0 Å². The predicted octanol–water partition coefficient (Wildman–Crippen LogP) is 2.66. The number of rotatable bonds is 1. The molecule has 0 radical (unpaired) electrons. The van der Waals surface area contributed by atoms with Crippen LogP contribution in [0, 0.1) is 11.8 Å². The number of hydrogen-bond donors (Lipinski definition) is 1. The first-order chi connectivity index (χ1) is 6.42. The summed E-state index contributed by atoms with van der Waals surface area (Å²) in [5, 5.41) is 9.94. The minimum absolute atomic E-state index is 0.0208. The van der Waals surface area contributed by atoms with Gasteiger partial charge in [-0.3, -0.25) is 0 Å². The fraction of sp³-hybridized carbons (Fsp3) is 0.800. The van der Waals surface area contributed by atoms with Gasteiger partial charge in [-0.1, -0.05) is 12.2 Å². The van der Waals surface area contributed by atoms with Gasteiger partial charge in [0.15, 0.2) is 0 Å². The third-order valence-corrected chi connectivity index (χ3v) is 3.18. The molecule has 1 nitrogen and oxygen atoms in total. The van der Waals surface area contributed by atoms with Crippen LogP contribution in [0.2, 0.25) is 0 Å². The molecular weight excluding hydrogens is 193 g/mol. The van der Waals surface area contributed by atoms with Crippen molar-refractivity contribution < 1.29 is 18.3 Å². The molecule has 1 saturated carbocycles. The fourth-order valence-electron chi connectivity index (χ4n) is 2.05. The average Bonchev–Trinajstić information content (AvgIpc) is 2.85. The van der Waals surface area contributed by atoms with E-state index in [1.165, 1.54) is 6.08 Å². The van der Waals surface area contributed by atoms with Gasteiger partial charge in [-0.25, -0.2) is 0 Å². The highest BCUT2D eigenvalue weighted by molar-refractivity contribution is 5.14. The second-order valence-corrected chi connectivity index (χ2v) is 4.31. The second kappa shape index (κ2) is 2.99. The Labute approximate surface area is 80.6 Å². The summed E-state index contributed by atoms with van der Waals surface area (Å²) in [4.78, 5) is 0. The van der Waals surface area contributed by atoms with E-state index in [1.54, 1.807) is 0 Å². The molecule has 0 amide bonds. The Balaban J connectivity index is 2.06. The lowest BCUT2D eigenvalue weighted by Gasteiger charge is -2.31. The lowest BCUT2D eigenvalue weighted by molar-refractivity contribution is -0.167. The highest BCUT2D eigenvalue weighted by Crippen LogP contribution is 2.47. The van der Waals surface area contributed by atoms with Crippen molar-refractivity contribution in [2.75, 3.05) is 0 Å². The normalized spacial score (nSPS) is 38.7. The molecular formula is C10H13F3O. The van der Waals surface area contributed by atoms with E-state index in [4.69, 9.17) is 0 Å². The van der Waals surface area contributed by atoms with Crippen LogP contribution >= 0.6 is 0 Å². The van der Waals surface area contributed by atoms with Crippen LogP contribution in [0.4, 0.5) is 13.2 Å². The Bertz CT molecular complexity index is 255. The number of aliphatic hydroxyl groups is 1. The molecule has 0 spiro atoms. The van der Waals surface area contributed by atoms with Crippen molar-refractivity contribution in [2.24, 2.45) is 11.8 Å². The molecule has 0 aromatic heterocycles. The van der Waals surface area contributed by atoms with Gasteiger partial charge < -0.3 is 5.11 Å². The van der Waals surface area contributed by atoms with Crippen molar-refractivity contribution >= 4 is 0 Å². The number of hydrogen-bond acceptors (Lipinski definition) is 1. The maximum atomic E-state index is 12.3. The van der Waals surface area contributed by atoms with Crippen molar-refractivity contribution in [1.29, 1.82) is 0 Å². The van der Waals surface area contributed by atoms with E-state index in [9.17, 15) is 18.3 Å². The standard InChI is InChI=1S/C10H13F3O/c11-10(12,13)8-3-5-9(14,6-4-8)7-1-2-7/h3,5,7-8,14H,1-2,4,6H2. The molecule has 0 aromatic carbocycles. The Kier molecular flexibility index (Phi) is 2.14. The molecule has 2 rings (SSSR count). The first kappa shape index (κ1) is 10.0. The molecule has 2 unspecified atom stereocenters. The minimum Gasteiger partial charge on any atom is -0.386 e. The smallest absolute Gasteiger partial charge is 0.386 e. The van der Waals surface area contributed by atoms with Crippen LogP contribution < -0.4 is 0 Å². The molecule has 14 heavy (non-hydrogen) atoms. The summed E-state index contributed by atoms with van der Waals surface area (Å²) in [5.41, 5.74) is -0.943. The van der Waals surface area contributed by atoms with Crippen LogP contribution in [-0.4, -0.2) is 16.9 Å². The summed E-state index contributed by atoms with van der Waals surface area (Å²) in [6, 6.07) is 0. The van der Waals surface area contributed by atoms with Crippen molar-refractivity contribution in [3.8, 4) is 0 Å². The van der Waals surface area contributed by atoms with Crippen LogP contribution in [-0.2, 0) is 0 Å². The van der Waals surface area contributed by atoms with E-state index in [0.29, 0.717) is 0 Å². The van der Waals surface area contributed by atoms with Crippen LogP contribution in [0.1, 0.15) is 25.7 Å². The molecule has 2 aliphatic carbocycles. The maximum Gasteiger partial charge on any atom is 0.395 e.